The summed E-state index contributed by atoms with van der Waals surface area (Å²) in [5.74, 6) is 0.702. The predicted octanol–water partition coefficient (Wildman–Crippen LogP) is 2.77. The van der Waals surface area contributed by atoms with Gasteiger partial charge in [0.2, 0.25) is 0 Å². The van der Waals surface area contributed by atoms with Gasteiger partial charge in [-0.2, -0.15) is 0 Å². The molecule has 2 nitrogen and oxygen atoms in total. The first-order valence-electron chi connectivity index (χ1n) is 5.80. The lowest BCUT2D eigenvalue weighted by Crippen LogP contribution is -2.23. The average Bonchev–Trinajstić information content (AvgIpc) is 2.67. The van der Waals surface area contributed by atoms with Crippen LogP contribution in [0.15, 0.2) is 24.3 Å². The fourth-order valence-electron chi connectivity index (χ4n) is 2.83. The molecule has 0 heterocycles. The summed E-state index contributed by atoms with van der Waals surface area (Å²) in [6.45, 7) is 4.34. The summed E-state index contributed by atoms with van der Waals surface area (Å²) in [4.78, 5) is 11.8. The van der Waals surface area contributed by atoms with Gasteiger partial charge in [0.25, 0.3) is 0 Å². The van der Waals surface area contributed by atoms with Crippen molar-refractivity contribution in [3.63, 3.8) is 0 Å². The van der Waals surface area contributed by atoms with Crippen LogP contribution in [-0.2, 0) is 16.0 Å². The van der Waals surface area contributed by atoms with Crippen molar-refractivity contribution in [2.75, 3.05) is 7.11 Å². The van der Waals surface area contributed by atoms with Crippen LogP contribution in [0, 0.1) is 11.8 Å². The molecule has 0 N–H and O–H groups in total. The zero-order valence-electron chi connectivity index (χ0n) is 10.1. The summed E-state index contributed by atoms with van der Waals surface area (Å²) in [6, 6.07) is 8.35. The zero-order valence-corrected chi connectivity index (χ0v) is 10.1. The number of esters is 1. The lowest BCUT2D eigenvalue weighted by Gasteiger charge is -2.22. The summed E-state index contributed by atoms with van der Waals surface area (Å²) >= 11 is 0. The molecule has 2 heteroatoms. The molecule has 1 aliphatic carbocycles. The van der Waals surface area contributed by atoms with E-state index >= 15 is 0 Å². The summed E-state index contributed by atoms with van der Waals surface area (Å²) in [6.07, 6.45) is 0.825. The Morgan fingerprint density at radius 2 is 2.06 bits per heavy atom. The van der Waals surface area contributed by atoms with Gasteiger partial charge in [0, 0.05) is 5.92 Å². The smallest absolute Gasteiger partial charge is 0.309 e. The van der Waals surface area contributed by atoms with Gasteiger partial charge in [-0.25, -0.2) is 0 Å². The van der Waals surface area contributed by atoms with Crippen molar-refractivity contribution in [3.05, 3.63) is 35.4 Å². The van der Waals surface area contributed by atoms with Crippen LogP contribution in [0.3, 0.4) is 0 Å². The largest absolute Gasteiger partial charge is 0.469 e. The van der Waals surface area contributed by atoms with Crippen LogP contribution in [0.2, 0.25) is 0 Å². The number of methoxy groups -OCH3 is 1. The molecule has 1 aromatic carbocycles. The Morgan fingerprint density at radius 1 is 1.38 bits per heavy atom. The highest BCUT2D eigenvalue weighted by Crippen LogP contribution is 2.42. The topological polar surface area (TPSA) is 26.3 Å². The molecule has 1 aromatic rings. The SMILES string of the molecule is COC(=O)C1Cc2ccccc2C1C(C)C. The van der Waals surface area contributed by atoms with Gasteiger partial charge in [-0.05, 0) is 23.5 Å². The van der Waals surface area contributed by atoms with E-state index in [0.29, 0.717) is 11.8 Å². The predicted molar refractivity (Wildman–Crippen MR) is 63.2 cm³/mol. The molecule has 0 saturated heterocycles. The third kappa shape index (κ3) is 1.73. The Balaban J connectivity index is 2.37. The van der Waals surface area contributed by atoms with Crippen LogP contribution in [-0.4, -0.2) is 13.1 Å². The van der Waals surface area contributed by atoms with Gasteiger partial charge in [-0.3, -0.25) is 4.79 Å². The van der Waals surface area contributed by atoms with Crippen LogP contribution in [0.25, 0.3) is 0 Å². The Kier molecular flexibility index (Phi) is 2.99. The van der Waals surface area contributed by atoms with E-state index in [-0.39, 0.29) is 11.9 Å². The molecule has 16 heavy (non-hydrogen) atoms. The molecule has 0 amide bonds. The van der Waals surface area contributed by atoms with Gasteiger partial charge in [0.1, 0.15) is 0 Å². The van der Waals surface area contributed by atoms with Crippen molar-refractivity contribution < 1.29 is 9.53 Å². The lowest BCUT2D eigenvalue weighted by molar-refractivity contribution is -0.146. The highest BCUT2D eigenvalue weighted by molar-refractivity contribution is 5.75. The Morgan fingerprint density at radius 3 is 2.69 bits per heavy atom. The second-order valence-electron chi connectivity index (χ2n) is 4.80. The van der Waals surface area contributed by atoms with Gasteiger partial charge in [0.15, 0.2) is 0 Å². The first-order valence-corrected chi connectivity index (χ1v) is 5.80. The van der Waals surface area contributed by atoms with E-state index < -0.39 is 0 Å². The minimum absolute atomic E-state index is 0.00222. The highest BCUT2D eigenvalue weighted by Gasteiger charge is 2.39. The molecule has 0 radical (unpaired) electrons. The molecule has 0 fully saturated rings. The van der Waals surface area contributed by atoms with Crippen LogP contribution >= 0.6 is 0 Å². The quantitative estimate of drug-likeness (QED) is 0.713. The molecule has 2 rings (SSSR count). The number of hydrogen-bond donors (Lipinski definition) is 0. The van der Waals surface area contributed by atoms with Gasteiger partial charge >= 0.3 is 5.97 Å². The van der Waals surface area contributed by atoms with Crippen molar-refractivity contribution >= 4 is 5.97 Å². The van der Waals surface area contributed by atoms with Crippen LogP contribution in [0.5, 0.6) is 0 Å². The van der Waals surface area contributed by atoms with E-state index in [1.807, 2.05) is 12.1 Å². The number of benzene rings is 1. The number of hydrogen-bond acceptors (Lipinski definition) is 2. The fourth-order valence-corrected chi connectivity index (χ4v) is 2.83. The molecule has 0 saturated carbocycles. The Labute approximate surface area is 96.6 Å². The minimum Gasteiger partial charge on any atom is -0.469 e. The summed E-state index contributed by atoms with van der Waals surface area (Å²) < 4.78 is 4.91. The van der Waals surface area contributed by atoms with E-state index in [9.17, 15) is 4.79 Å². The maximum Gasteiger partial charge on any atom is 0.309 e. The highest BCUT2D eigenvalue weighted by atomic mass is 16.5. The molecular weight excluding hydrogens is 200 g/mol. The molecule has 0 bridgehead atoms. The number of carbonyl (C=O) groups is 1. The number of carbonyl (C=O) groups excluding carboxylic acids is 1. The molecule has 0 spiro atoms. The Bertz CT molecular complexity index is 395. The maximum absolute atomic E-state index is 11.8. The molecule has 0 aromatic heterocycles. The first kappa shape index (κ1) is 11.2. The number of rotatable bonds is 2. The average molecular weight is 218 g/mol. The molecule has 1 aliphatic rings. The van der Waals surface area contributed by atoms with Gasteiger partial charge in [0.05, 0.1) is 13.0 Å². The van der Waals surface area contributed by atoms with Crippen LogP contribution in [0.4, 0.5) is 0 Å². The van der Waals surface area contributed by atoms with Crippen molar-refractivity contribution in [2.45, 2.75) is 26.2 Å². The fraction of sp³-hybridized carbons (Fsp3) is 0.500. The molecule has 86 valence electrons. The molecule has 0 aliphatic heterocycles. The van der Waals surface area contributed by atoms with Crippen molar-refractivity contribution in [3.8, 4) is 0 Å². The monoisotopic (exact) mass is 218 g/mol. The van der Waals surface area contributed by atoms with Crippen molar-refractivity contribution in [1.29, 1.82) is 0 Å². The van der Waals surface area contributed by atoms with E-state index in [2.05, 4.69) is 26.0 Å². The maximum atomic E-state index is 11.8. The molecule has 2 atom stereocenters. The number of fused-ring (bicyclic) bond motifs is 1. The molecular formula is C14H18O2. The standard InChI is InChI=1S/C14H18O2/c1-9(2)13-11-7-5-4-6-10(11)8-12(13)14(15)16-3/h4-7,9,12-13H,8H2,1-3H3. The van der Waals surface area contributed by atoms with Crippen molar-refractivity contribution in [2.24, 2.45) is 11.8 Å². The van der Waals surface area contributed by atoms with Gasteiger partial charge < -0.3 is 4.74 Å². The second kappa shape index (κ2) is 4.28. The first-order chi connectivity index (χ1) is 7.65. The van der Waals surface area contributed by atoms with E-state index in [1.54, 1.807) is 0 Å². The van der Waals surface area contributed by atoms with Gasteiger partial charge in [-0.15, -0.1) is 0 Å². The normalized spacial score (nSPS) is 23.2. The van der Waals surface area contributed by atoms with Crippen LogP contribution < -0.4 is 0 Å². The van der Waals surface area contributed by atoms with Gasteiger partial charge in [-0.1, -0.05) is 38.1 Å². The van der Waals surface area contributed by atoms with E-state index in [4.69, 9.17) is 4.74 Å². The van der Waals surface area contributed by atoms with Crippen LogP contribution in [0.1, 0.15) is 30.9 Å². The summed E-state index contributed by atoms with van der Waals surface area (Å²) in [5.41, 5.74) is 2.63. The third-order valence-corrected chi connectivity index (χ3v) is 3.51. The minimum atomic E-state index is -0.0742. The number of ether oxygens (including phenoxy) is 1. The molecule has 2 unspecified atom stereocenters. The second-order valence-corrected chi connectivity index (χ2v) is 4.80. The summed E-state index contributed by atoms with van der Waals surface area (Å²) in [7, 11) is 1.47. The Hall–Kier alpha value is -1.31. The van der Waals surface area contributed by atoms with Crippen molar-refractivity contribution in [1.82, 2.24) is 0 Å². The lowest BCUT2D eigenvalue weighted by atomic mass is 9.83. The van der Waals surface area contributed by atoms with E-state index in [0.717, 1.165) is 6.42 Å². The van der Waals surface area contributed by atoms with E-state index in [1.165, 1.54) is 18.2 Å². The third-order valence-electron chi connectivity index (χ3n) is 3.51. The summed E-state index contributed by atoms with van der Waals surface area (Å²) in [5, 5.41) is 0. The zero-order chi connectivity index (χ0) is 11.7.